The third kappa shape index (κ3) is 5.14. The Labute approximate surface area is 175 Å². The molecule has 0 atom stereocenters. The van der Waals surface area contributed by atoms with Crippen LogP contribution in [0.5, 0.6) is 11.5 Å². The zero-order chi connectivity index (χ0) is 21.0. The molecule has 1 aliphatic rings. The molecular weight excluding hydrogens is 442 g/mol. The molecule has 2 aromatic rings. The maximum atomic E-state index is 12.2. The molecular formula is C20H18BrN3O5. The molecule has 0 radical (unpaired) electrons. The topological polar surface area (TPSA) is 106 Å². The Morgan fingerprint density at radius 3 is 2.52 bits per heavy atom. The summed E-state index contributed by atoms with van der Waals surface area (Å²) >= 11 is 3.39. The van der Waals surface area contributed by atoms with Gasteiger partial charge >= 0.3 is 6.03 Å². The van der Waals surface area contributed by atoms with Crippen LogP contribution in [0.3, 0.4) is 0 Å². The summed E-state index contributed by atoms with van der Waals surface area (Å²) in [6.45, 7) is 1.74. The predicted molar refractivity (Wildman–Crippen MR) is 111 cm³/mol. The summed E-state index contributed by atoms with van der Waals surface area (Å²) < 4.78 is 11.5. The summed E-state index contributed by atoms with van der Waals surface area (Å²) in [6.07, 6.45) is 1.50. The van der Waals surface area contributed by atoms with Gasteiger partial charge in [0.25, 0.3) is 11.8 Å². The highest BCUT2D eigenvalue weighted by Crippen LogP contribution is 2.37. The van der Waals surface area contributed by atoms with E-state index in [1.807, 2.05) is 31.2 Å². The number of rotatable bonds is 6. The molecule has 29 heavy (non-hydrogen) atoms. The normalized spacial score (nSPS) is 14.4. The van der Waals surface area contributed by atoms with Gasteiger partial charge in [-0.2, -0.15) is 0 Å². The number of hydrogen-bond acceptors (Lipinski definition) is 5. The quantitative estimate of drug-likeness (QED) is 0.454. The number of imide groups is 1. The Bertz CT molecular complexity index is 1000. The third-order valence-corrected chi connectivity index (χ3v) is 4.55. The number of carbonyl (C=O) groups is 3. The van der Waals surface area contributed by atoms with E-state index < -0.39 is 11.9 Å². The Morgan fingerprint density at radius 2 is 1.90 bits per heavy atom. The fraction of sp³-hybridized carbons (Fsp3) is 0.150. The summed E-state index contributed by atoms with van der Waals surface area (Å²) in [6, 6.07) is 10.1. The maximum Gasteiger partial charge on any atom is 0.326 e. The number of anilines is 1. The van der Waals surface area contributed by atoms with E-state index in [1.165, 1.54) is 13.2 Å². The minimum atomic E-state index is -0.577. The monoisotopic (exact) mass is 459 g/mol. The van der Waals surface area contributed by atoms with Gasteiger partial charge in [0.15, 0.2) is 18.1 Å². The Hall–Kier alpha value is -3.33. The van der Waals surface area contributed by atoms with Crippen LogP contribution in [0, 0.1) is 6.92 Å². The minimum absolute atomic E-state index is 0.120. The van der Waals surface area contributed by atoms with Gasteiger partial charge in [0.1, 0.15) is 5.70 Å². The largest absolute Gasteiger partial charge is 0.493 e. The molecule has 150 valence electrons. The second-order valence-electron chi connectivity index (χ2n) is 6.20. The van der Waals surface area contributed by atoms with Crippen molar-refractivity contribution in [2.45, 2.75) is 6.92 Å². The van der Waals surface area contributed by atoms with Gasteiger partial charge in [0, 0.05) is 5.69 Å². The maximum absolute atomic E-state index is 12.2. The highest BCUT2D eigenvalue weighted by atomic mass is 79.9. The lowest BCUT2D eigenvalue weighted by Crippen LogP contribution is -2.22. The van der Waals surface area contributed by atoms with Gasteiger partial charge in [0.2, 0.25) is 0 Å². The van der Waals surface area contributed by atoms with E-state index in [4.69, 9.17) is 9.47 Å². The van der Waals surface area contributed by atoms with E-state index in [1.54, 1.807) is 12.1 Å². The Morgan fingerprint density at radius 1 is 1.17 bits per heavy atom. The van der Waals surface area contributed by atoms with Crippen molar-refractivity contribution in [1.82, 2.24) is 10.6 Å². The summed E-state index contributed by atoms with van der Waals surface area (Å²) in [4.78, 5) is 35.0. The Kier molecular flexibility index (Phi) is 6.18. The molecule has 1 fully saturated rings. The molecule has 0 spiro atoms. The van der Waals surface area contributed by atoms with Crippen molar-refractivity contribution in [2.75, 3.05) is 19.0 Å². The first-order valence-corrected chi connectivity index (χ1v) is 9.36. The van der Waals surface area contributed by atoms with Crippen molar-refractivity contribution in [2.24, 2.45) is 0 Å². The SMILES string of the molecule is COc1cc(/C=C2/NC(=O)NC2=O)cc(Br)c1OCC(=O)Nc1ccc(C)cc1. The van der Waals surface area contributed by atoms with Gasteiger partial charge in [-0.15, -0.1) is 0 Å². The average Bonchev–Trinajstić information content (AvgIpc) is 2.99. The van der Waals surface area contributed by atoms with Crippen LogP contribution in [0.25, 0.3) is 6.08 Å². The number of methoxy groups -OCH3 is 1. The van der Waals surface area contributed by atoms with E-state index in [0.717, 1.165) is 5.56 Å². The minimum Gasteiger partial charge on any atom is -0.493 e. The summed E-state index contributed by atoms with van der Waals surface area (Å²) in [7, 11) is 1.46. The highest BCUT2D eigenvalue weighted by molar-refractivity contribution is 9.10. The molecule has 0 aromatic heterocycles. The van der Waals surface area contributed by atoms with E-state index in [9.17, 15) is 14.4 Å². The number of nitrogens with one attached hydrogen (secondary N) is 3. The number of amides is 4. The molecule has 4 amide bonds. The fourth-order valence-corrected chi connectivity index (χ4v) is 3.16. The molecule has 9 heteroatoms. The van der Waals surface area contributed by atoms with Crippen LogP contribution in [0.2, 0.25) is 0 Å². The van der Waals surface area contributed by atoms with Crippen molar-refractivity contribution < 1.29 is 23.9 Å². The van der Waals surface area contributed by atoms with Crippen molar-refractivity contribution >= 4 is 45.5 Å². The van der Waals surface area contributed by atoms with Gasteiger partial charge < -0.3 is 20.1 Å². The molecule has 0 saturated carbocycles. The molecule has 3 rings (SSSR count). The van der Waals surface area contributed by atoms with Crippen LogP contribution in [-0.2, 0) is 9.59 Å². The summed E-state index contributed by atoms with van der Waals surface area (Å²) in [5.41, 5.74) is 2.49. The number of halogens is 1. The van der Waals surface area contributed by atoms with E-state index in [2.05, 4.69) is 31.9 Å². The van der Waals surface area contributed by atoms with E-state index >= 15 is 0 Å². The van der Waals surface area contributed by atoms with Gasteiger partial charge in [0.05, 0.1) is 11.6 Å². The van der Waals surface area contributed by atoms with E-state index in [-0.39, 0.29) is 18.2 Å². The van der Waals surface area contributed by atoms with Crippen molar-refractivity contribution in [1.29, 1.82) is 0 Å². The van der Waals surface area contributed by atoms with Crippen molar-refractivity contribution in [3.63, 3.8) is 0 Å². The number of urea groups is 1. The second kappa shape index (κ2) is 8.78. The molecule has 1 saturated heterocycles. The zero-order valence-corrected chi connectivity index (χ0v) is 17.3. The zero-order valence-electron chi connectivity index (χ0n) is 15.7. The van der Waals surface area contributed by atoms with Crippen molar-refractivity contribution in [3.05, 3.63) is 57.7 Å². The van der Waals surface area contributed by atoms with Gasteiger partial charge in [-0.3, -0.25) is 14.9 Å². The predicted octanol–water partition coefficient (Wildman–Crippen LogP) is 2.96. The van der Waals surface area contributed by atoms with Crippen LogP contribution in [0.1, 0.15) is 11.1 Å². The molecule has 1 heterocycles. The summed E-state index contributed by atoms with van der Waals surface area (Å²) in [5.74, 6) is -0.134. The lowest BCUT2D eigenvalue weighted by atomic mass is 10.1. The van der Waals surface area contributed by atoms with E-state index in [0.29, 0.717) is 27.2 Å². The molecule has 2 aromatic carbocycles. The molecule has 0 aliphatic carbocycles. The number of carbonyl (C=O) groups excluding carboxylic acids is 3. The number of aryl methyl sites for hydroxylation is 1. The lowest BCUT2D eigenvalue weighted by Gasteiger charge is -2.14. The number of ether oxygens (including phenoxy) is 2. The molecule has 0 unspecified atom stereocenters. The van der Waals surface area contributed by atoms with Crippen LogP contribution in [-0.4, -0.2) is 31.6 Å². The fourth-order valence-electron chi connectivity index (χ4n) is 2.58. The first kappa shape index (κ1) is 20.4. The van der Waals surface area contributed by atoms with Crippen LogP contribution < -0.4 is 25.4 Å². The van der Waals surface area contributed by atoms with Gasteiger partial charge in [-0.05, 0) is 58.8 Å². The second-order valence-corrected chi connectivity index (χ2v) is 7.06. The first-order valence-electron chi connectivity index (χ1n) is 8.56. The summed E-state index contributed by atoms with van der Waals surface area (Å²) in [5, 5.41) is 7.29. The molecule has 1 aliphatic heterocycles. The van der Waals surface area contributed by atoms with Gasteiger partial charge in [-0.25, -0.2) is 4.79 Å². The first-order chi connectivity index (χ1) is 13.9. The third-order valence-electron chi connectivity index (χ3n) is 3.97. The average molecular weight is 460 g/mol. The highest BCUT2D eigenvalue weighted by Gasteiger charge is 2.23. The molecule has 0 bridgehead atoms. The molecule has 8 nitrogen and oxygen atoms in total. The smallest absolute Gasteiger partial charge is 0.326 e. The Balaban J connectivity index is 1.71. The van der Waals surface area contributed by atoms with Crippen LogP contribution in [0.4, 0.5) is 10.5 Å². The van der Waals surface area contributed by atoms with Crippen LogP contribution >= 0.6 is 15.9 Å². The molecule has 3 N–H and O–H groups in total. The lowest BCUT2D eigenvalue weighted by molar-refractivity contribution is -0.118. The number of hydrogen-bond donors (Lipinski definition) is 3. The van der Waals surface area contributed by atoms with Gasteiger partial charge in [-0.1, -0.05) is 17.7 Å². The van der Waals surface area contributed by atoms with Crippen molar-refractivity contribution in [3.8, 4) is 11.5 Å². The number of benzene rings is 2. The standard InChI is InChI=1S/C20H18BrN3O5/c1-11-3-5-13(6-4-11)22-17(25)10-29-18-14(21)7-12(9-16(18)28-2)8-15-19(26)24-20(27)23-15/h3-9H,10H2,1-2H3,(H,22,25)(H2,23,24,26,27)/b15-8+. The van der Waals surface area contributed by atoms with Crippen LogP contribution in [0.15, 0.2) is 46.6 Å².